The molecule has 0 unspecified atom stereocenters. The van der Waals surface area contributed by atoms with Crippen LogP contribution in [-0.4, -0.2) is 13.7 Å². The van der Waals surface area contributed by atoms with Crippen LogP contribution < -0.4 is 10.1 Å². The number of hydrogen-bond acceptors (Lipinski definition) is 2. The molecule has 0 atom stereocenters. The van der Waals surface area contributed by atoms with E-state index in [-0.39, 0.29) is 0 Å². The van der Waals surface area contributed by atoms with Gasteiger partial charge in [0, 0.05) is 23.4 Å². The van der Waals surface area contributed by atoms with E-state index >= 15 is 0 Å². The monoisotopic (exact) mass is 253 g/mol. The van der Waals surface area contributed by atoms with Crippen molar-refractivity contribution in [1.82, 2.24) is 0 Å². The molecular formula is C17H19NO. The smallest absolute Gasteiger partial charge is 0.126 e. The van der Waals surface area contributed by atoms with Crippen molar-refractivity contribution < 1.29 is 4.74 Å². The Hall–Kier alpha value is -1.96. The van der Waals surface area contributed by atoms with Crippen molar-refractivity contribution in [3.05, 3.63) is 47.5 Å². The largest absolute Gasteiger partial charge is 0.496 e. The first-order chi connectivity index (χ1) is 9.29. The van der Waals surface area contributed by atoms with Crippen molar-refractivity contribution in [3.8, 4) is 16.9 Å². The van der Waals surface area contributed by atoms with Gasteiger partial charge in [-0.1, -0.05) is 29.8 Å². The zero-order valence-electron chi connectivity index (χ0n) is 11.5. The van der Waals surface area contributed by atoms with Crippen LogP contribution in [-0.2, 0) is 6.42 Å². The Morgan fingerprint density at radius 1 is 1.11 bits per heavy atom. The van der Waals surface area contributed by atoms with Gasteiger partial charge in [0.2, 0.25) is 0 Å². The molecule has 1 aliphatic rings. The van der Waals surface area contributed by atoms with E-state index in [2.05, 4.69) is 42.6 Å². The number of ether oxygens (including phenoxy) is 1. The highest BCUT2D eigenvalue weighted by atomic mass is 16.5. The molecule has 1 aliphatic heterocycles. The Morgan fingerprint density at radius 2 is 2.00 bits per heavy atom. The zero-order chi connectivity index (χ0) is 13.2. The van der Waals surface area contributed by atoms with E-state index in [4.69, 9.17) is 4.74 Å². The van der Waals surface area contributed by atoms with Crippen LogP contribution >= 0.6 is 0 Å². The van der Waals surface area contributed by atoms with Crippen LogP contribution in [0.3, 0.4) is 0 Å². The van der Waals surface area contributed by atoms with Crippen molar-refractivity contribution in [1.29, 1.82) is 0 Å². The van der Waals surface area contributed by atoms with Gasteiger partial charge in [-0.3, -0.25) is 0 Å². The fourth-order valence-corrected chi connectivity index (χ4v) is 2.77. The molecule has 0 fully saturated rings. The number of nitrogens with one attached hydrogen (secondary N) is 1. The first-order valence-corrected chi connectivity index (χ1v) is 6.80. The predicted octanol–water partition coefficient (Wildman–Crippen LogP) is 4.03. The standard InChI is InChI=1S/C17H19NO/c1-12-8-9-16(19-2)15(11-12)14-7-3-5-13-6-4-10-18-17(13)14/h3,5,7-9,11,18H,4,6,10H2,1-2H3. The summed E-state index contributed by atoms with van der Waals surface area (Å²) in [6.45, 7) is 3.17. The number of aryl methyl sites for hydroxylation is 2. The van der Waals surface area contributed by atoms with Crippen molar-refractivity contribution >= 4 is 5.69 Å². The molecule has 2 aromatic rings. The third-order valence-electron chi connectivity index (χ3n) is 3.72. The molecule has 0 aromatic heterocycles. The molecule has 0 aliphatic carbocycles. The van der Waals surface area contributed by atoms with Gasteiger partial charge in [0.05, 0.1) is 7.11 Å². The molecule has 19 heavy (non-hydrogen) atoms. The normalized spacial score (nSPS) is 13.6. The highest BCUT2D eigenvalue weighted by Crippen LogP contribution is 2.38. The number of hydrogen-bond donors (Lipinski definition) is 1. The van der Waals surface area contributed by atoms with Gasteiger partial charge >= 0.3 is 0 Å². The molecule has 2 nitrogen and oxygen atoms in total. The van der Waals surface area contributed by atoms with E-state index in [1.54, 1.807) is 7.11 Å². The second-order valence-corrected chi connectivity index (χ2v) is 5.07. The average molecular weight is 253 g/mol. The molecule has 0 radical (unpaired) electrons. The van der Waals surface area contributed by atoms with E-state index in [9.17, 15) is 0 Å². The highest BCUT2D eigenvalue weighted by Gasteiger charge is 2.16. The lowest BCUT2D eigenvalue weighted by Gasteiger charge is -2.22. The third kappa shape index (κ3) is 2.19. The summed E-state index contributed by atoms with van der Waals surface area (Å²) < 4.78 is 5.52. The quantitative estimate of drug-likeness (QED) is 0.872. The minimum atomic E-state index is 0.936. The first-order valence-electron chi connectivity index (χ1n) is 6.80. The van der Waals surface area contributed by atoms with Crippen LogP contribution in [0.5, 0.6) is 5.75 Å². The fourth-order valence-electron chi connectivity index (χ4n) is 2.77. The van der Waals surface area contributed by atoms with Crippen LogP contribution in [0.15, 0.2) is 36.4 Å². The Labute approximate surface area is 114 Å². The molecular weight excluding hydrogens is 234 g/mol. The van der Waals surface area contributed by atoms with Gasteiger partial charge in [-0.05, 0) is 37.5 Å². The third-order valence-corrected chi connectivity index (χ3v) is 3.72. The van der Waals surface area contributed by atoms with Crippen LogP contribution in [0.1, 0.15) is 17.5 Å². The molecule has 3 rings (SSSR count). The molecule has 0 amide bonds. The maximum atomic E-state index is 5.52. The maximum Gasteiger partial charge on any atom is 0.126 e. The number of rotatable bonds is 2. The number of para-hydroxylation sites is 1. The van der Waals surface area contributed by atoms with Crippen LogP contribution in [0.2, 0.25) is 0 Å². The van der Waals surface area contributed by atoms with Crippen LogP contribution in [0.4, 0.5) is 5.69 Å². The van der Waals surface area contributed by atoms with Crippen molar-refractivity contribution in [2.75, 3.05) is 19.0 Å². The van der Waals surface area contributed by atoms with Crippen molar-refractivity contribution in [2.45, 2.75) is 19.8 Å². The molecule has 2 heteroatoms. The molecule has 98 valence electrons. The first kappa shape index (κ1) is 12.1. The number of methoxy groups -OCH3 is 1. The maximum absolute atomic E-state index is 5.52. The number of benzene rings is 2. The number of fused-ring (bicyclic) bond motifs is 1. The molecule has 2 aromatic carbocycles. The van der Waals surface area contributed by atoms with Gasteiger partial charge in [-0.25, -0.2) is 0 Å². The van der Waals surface area contributed by atoms with Gasteiger partial charge in [-0.2, -0.15) is 0 Å². The summed E-state index contributed by atoms with van der Waals surface area (Å²) in [5.74, 6) is 0.936. The SMILES string of the molecule is COc1ccc(C)cc1-c1cccc2c1NCCC2. The Balaban J connectivity index is 2.19. The van der Waals surface area contributed by atoms with Crippen molar-refractivity contribution in [2.24, 2.45) is 0 Å². The lowest BCUT2D eigenvalue weighted by Crippen LogP contribution is -2.12. The average Bonchev–Trinajstić information content (AvgIpc) is 2.46. The van der Waals surface area contributed by atoms with E-state index < -0.39 is 0 Å². The van der Waals surface area contributed by atoms with E-state index in [1.807, 2.05) is 6.07 Å². The predicted molar refractivity (Wildman–Crippen MR) is 80.0 cm³/mol. The minimum absolute atomic E-state index is 0.936. The lowest BCUT2D eigenvalue weighted by molar-refractivity contribution is 0.416. The van der Waals surface area contributed by atoms with E-state index in [0.717, 1.165) is 18.7 Å². The van der Waals surface area contributed by atoms with Gasteiger partial charge in [0.25, 0.3) is 0 Å². The molecule has 0 saturated carbocycles. The summed E-state index contributed by atoms with van der Waals surface area (Å²) >= 11 is 0. The highest BCUT2D eigenvalue weighted by molar-refractivity contribution is 5.84. The molecule has 1 N–H and O–H groups in total. The topological polar surface area (TPSA) is 21.3 Å². The zero-order valence-corrected chi connectivity index (χ0v) is 11.5. The molecule has 0 bridgehead atoms. The summed E-state index contributed by atoms with van der Waals surface area (Å²) in [6.07, 6.45) is 2.37. The summed E-state index contributed by atoms with van der Waals surface area (Å²) in [6, 6.07) is 12.9. The second kappa shape index (κ2) is 4.96. The summed E-state index contributed by atoms with van der Waals surface area (Å²) in [5.41, 5.74) is 6.36. The minimum Gasteiger partial charge on any atom is -0.496 e. The van der Waals surface area contributed by atoms with E-state index in [0.29, 0.717) is 0 Å². The van der Waals surface area contributed by atoms with Crippen LogP contribution in [0.25, 0.3) is 11.1 Å². The summed E-state index contributed by atoms with van der Waals surface area (Å²) in [5, 5.41) is 3.54. The van der Waals surface area contributed by atoms with Gasteiger partial charge in [-0.15, -0.1) is 0 Å². The van der Waals surface area contributed by atoms with Gasteiger partial charge in [0.1, 0.15) is 5.75 Å². The Morgan fingerprint density at radius 3 is 2.84 bits per heavy atom. The van der Waals surface area contributed by atoms with Gasteiger partial charge < -0.3 is 10.1 Å². The molecule has 0 saturated heterocycles. The fraction of sp³-hybridized carbons (Fsp3) is 0.294. The number of anilines is 1. The van der Waals surface area contributed by atoms with E-state index in [1.165, 1.54) is 34.4 Å². The van der Waals surface area contributed by atoms with Gasteiger partial charge in [0.15, 0.2) is 0 Å². The Kier molecular flexibility index (Phi) is 3.16. The summed E-state index contributed by atoms with van der Waals surface area (Å²) in [4.78, 5) is 0. The van der Waals surface area contributed by atoms with Crippen molar-refractivity contribution in [3.63, 3.8) is 0 Å². The molecule has 0 spiro atoms. The Bertz CT molecular complexity index is 604. The lowest BCUT2D eigenvalue weighted by atomic mass is 9.94. The summed E-state index contributed by atoms with van der Waals surface area (Å²) in [7, 11) is 1.73. The van der Waals surface area contributed by atoms with Crippen LogP contribution in [0, 0.1) is 6.92 Å². The molecule has 1 heterocycles. The second-order valence-electron chi connectivity index (χ2n) is 5.07.